The smallest absolute Gasteiger partial charge is 0.171 e. The third-order valence-electron chi connectivity index (χ3n) is 3.06. The highest BCUT2D eigenvalue weighted by Gasteiger charge is 2.14. The van der Waals surface area contributed by atoms with Crippen LogP contribution in [0.25, 0.3) is 0 Å². The number of nitriles is 1. The summed E-state index contributed by atoms with van der Waals surface area (Å²) in [6.45, 7) is 4.07. The molecule has 0 amide bonds. The van der Waals surface area contributed by atoms with Crippen LogP contribution in [0.1, 0.15) is 30.8 Å². The summed E-state index contributed by atoms with van der Waals surface area (Å²) in [7, 11) is 1.53. The lowest BCUT2D eigenvalue weighted by Gasteiger charge is -2.09. The molecule has 0 bridgehead atoms. The first-order valence-corrected chi connectivity index (χ1v) is 6.55. The van der Waals surface area contributed by atoms with E-state index >= 15 is 0 Å². The summed E-state index contributed by atoms with van der Waals surface area (Å²) in [5.41, 5.74) is 2.34. The number of benzene rings is 1. The number of hydrogen-bond donors (Lipinski definition) is 1. The van der Waals surface area contributed by atoms with Crippen molar-refractivity contribution in [1.82, 2.24) is 10.2 Å². The van der Waals surface area contributed by atoms with Gasteiger partial charge in [0.05, 0.1) is 18.4 Å². The first-order valence-electron chi connectivity index (χ1n) is 6.55. The van der Waals surface area contributed by atoms with Gasteiger partial charge in [0, 0.05) is 6.07 Å². The summed E-state index contributed by atoms with van der Waals surface area (Å²) in [4.78, 5) is 0. The summed E-state index contributed by atoms with van der Waals surface area (Å²) in [6, 6.07) is 7.23. The molecule has 104 valence electrons. The number of aryl methyl sites for hydroxylation is 2. The second kappa shape index (κ2) is 6.11. The van der Waals surface area contributed by atoms with Crippen molar-refractivity contribution < 1.29 is 9.47 Å². The summed E-state index contributed by atoms with van der Waals surface area (Å²) in [6.07, 6.45) is 1.61. The van der Waals surface area contributed by atoms with E-state index in [-0.39, 0.29) is 0 Å². The molecule has 20 heavy (non-hydrogen) atoms. The summed E-state index contributed by atoms with van der Waals surface area (Å²) in [5, 5.41) is 16.2. The van der Waals surface area contributed by atoms with Crippen LogP contribution >= 0.6 is 0 Å². The molecule has 2 rings (SSSR count). The van der Waals surface area contributed by atoms with Gasteiger partial charge in [0.1, 0.15) is 23.3 Å². The van der Waals surface area contributed by atoms with Crippen molar-refractivity contribution in [3.8, 4) is 23.3 Å². The summed E-state index contributed by atoms with van der Waals surface area (Å²) < 4.78 is 11.1. The molecule has 0 saturated heterocycles. The van der Waals surface area contributed by atoms with E-state index < -0.39 is 0 Å². The van der Waals surface area contributed by atoms with Crippen molar-refractivity contribution in [3.05, 3.63) is 35.2 Å². The number of nitrogens with one attached hydrogen (secondary N) is 1. The average Bonchev–Trinajstić information content (AvgIpc) is 2.88. The van der Waals surface area contributed by atoms with Gasteiger partial charge >= 0.3 is 0 Å². The average molecular weight is 271 g/mol. The Labute approximate surface area is 118 Å². The zero-order valence-corrected chi connectivity index (χ0v) is 11.9. The number of aromatic nitrogens is 2. The Kier molecular flexibility index (Phi) is 4.26. The summed E-state index contributed by atoms with van der Waals surface area (Å²) >= 11 is 0. The molecule has 1 N–H and O–H groups in total. The zero-order valence-electron chi connectivity index (χ0n) is 11.9. The fourth-order valence-electron chi connectivity index (χ4n) is 1.96. The second-order valence-electron chi connectivity index (χ2n) is 4.26. The molecule has 0 fully saturated rings. The van der Waals surface area contributed by atoms with Gasteiger partial charge in [-0.05, 0) is 25.0 Å². The molecule has 1 aromatic heterocycles. The van der Waals surface area contributed by atoms with E-state index in [2.05, 4.69) is 16.3 Å². The number of H-pyrrole nitrogens is 1. The minimum atomic E-state index is 0.485. The molecule has 1 aromatic carbocycles. The van der Waals surface area contributed by atoms with Gasteiger partial charge in [-0.1, -0.05) is 13.8 Å². The normalized spacial score (nSPS) is 10.1. The van der Waals surface area contributed by atoms with E-state index in [0.29, 0.717) is 17.1 Å². The predicted octanol–water partition coefficient (Wildman–Crippen LogP) is 3.21. The van der Waals surface area contributed by atoms with Gasteiger partial charge in [-0.2, -0.15) is 10.4 Å². The Morgan fingerprint density at radius 1 is 1.30 bits per heavy atom. The molecule has 5 heteroatoms. The fourth-order valence-corrected chi connectivity index (χ4v) is 1.96. The Morgan fingerprint density at radius 3 is 2.70 bits per heavy atom. The number of ether oxygens (including phenoxy) is 2. The fraction of sp³-hybridized carbons (Fsp3) is 0.333. The standard InChI is InChI=1S/C15H17N3O2/c1-4-12-15(13(5-2)18-17-12)20-11-7-6-10(9-16)14(8-11)19-3/h6-8H,4-5H2,1-3H3,(H,17,18). The quantitative estimate of drug-likeness (QED) is 0.906. The highest BCUT2D eigenvalue weighted by molar-refractivity contribution is 5.49. The van der Waals surface area contributed by atoms with Gasteiger partial charge in [-0.3, -0.25) is 5.10 Å². The highest BCUT2D eigenvalue weighted by atomic mass is 16.5. The van der Waals surface area contributed by atoms with Crippen LogP contribution in [0.4, 0.5) is 0 Å². The van der Waals surface area contributed by atoms with Crippen molar-refractivity contribution in [2.24, 2.45) is 0 Å². The Bertz CT molecular complexity index is 620. The van der Waals surface area contributed by atoms with Crippen molar-refractivity contribution >= 4 is 0 Å². The van der Waals surface area contributed by atoms with E-state index in [0.717, 1.165) is 30.0 Å². The number of aromatic amines is 1. The number of hydrogen-bond acceptors (Lipinski definition) is 4. The molecule has 0 saturated carbocycles. The van der Waals surface area contributed by atoms with Crippen LogP contribution in [0.3, 0.4) is 0 Å². The van der Waals surface area contributed by atoms with Crippen molar-refractivity contribution in [2.75, 3.05) is 7.11 Å². The lowest BCUT2D eigenvalue weighted by atomic mass is 10.2. The topological polar surface area (TPSA) is 70.9 Å². The van der Waals surface area contributed by atoms with E-state index in [1.807, 2.05) is 13.8 Å². The molecule has 1 heterocycles. The van der Waals surface area contributed by atoms with Gasteiger partial charge < -0.3 is 9.47 Å². The molecule has 5 nitrogen and oxygen atoms in total. The maximum absolute atomic E-state index is 8.98. The lowest BCUT2D eigenvalue weighted by molar-refractivity contribution is 0.407. The van der Waals surface area contributed by atoms with E-state index in [9.17, 15) is 0 Å². The number of rotatable bonds is 5. The molecule has 0 aliphatic heterocycles. The van der Waals surface area contributed by atoms with Crippen LogP contribution in [0.15, 0.2) is 18.2 Å². The Hall–Kier alpha value is -2.48. The molecule has 0 unspecified atom stereocenters. The molecule has 2 aromatic rings. The Balaban J connectivity index is 2.35. The lowest BCUT2D eigenvalue weighted by Crippen LogP contribution is -1.93. The Morgan fingerprint density at radius 2 is 2.10 bits per heavy atom. The number of methoxy groups -OCH3 is 1. The molecule has 0 spiro atoms. The highest BCUT2D eigenvalue weighted by Crippen LogP contribution is 2.31. The molecular weight excluding hydrogens is 254 g/mol. The van der Waals surface area contributed by atoms with Gasteiger partial charge in [-0.15, -0.1) is 0 Å². The van der Waals surface area contributed by atoms with Crippen molar-refractivity contribution in [2.45, 2.75) is 26.7 Å². The van der Waals surface area contributed by atoms with Crippen LogP contribution in [-0.2, 0) is 12.8 Å². The third kappa shape index (κ3) is 2.59. The van der Waals surface area contributed by atoms with Crippen LogP contribution in [0.5, 0.6) is 17.2 Å². The minimum absolute atomic E-state index is 0.485. The van der Waals surface area contributed by atoms with Gasteiger partial charge in [0.25, 0.3) is 0 Å². The van der Waals surface area contributed by atoms with Crippen LogP contribution in [-0.4, -0.2) is 17.3 Å². The monoisotopic (exact) mass is 271 g/mol. The van der Waals surface area contributed by atoms with Crippen LogP contribution < -0.4 is 9.47 Å². The number of nitrogens with zero attached hydrogens (tertiary/aromatic N) is 2. The van der Waals surface area contributed by atoms with Crippen LogP contribution in [0, 0.1) is 11.3 Å². The first kappa shape index (κ1) is 13.9. The molecule has 0 radical (unpaired) electrons. The first-order chi connectivity index (χ1) is 9.73. The molecule has 0 aliphatic rings. The second-order valence-corrected chi connectivity index (χ2v) is 4.26. The van der Waals surface area contributed by atoms with Crippen molar-refractivity contribution in [3.63, 3.8) is 0 Å². The van der Waals surface area contributed by atoms with E-state index in [4.69, 9.17) is 14.7 Å². The van der Waals surface area contributed by atoms with Crippen molar-refractivity contribution in [1.29, 1.82) is 5.26 Å². The van der Waals surface area contributed by atoms with Gasteiger partial charge in [-0.25, -0.2) is 0 Å². The minimum Gasteiger partial charge on any atom is -0.495 e. The predicted molar refractivity (Wildman–Crippen MR) is 75.1 cm³/mol. The maximum atomic E-state index is 8.98. The maximum Gasteiger partial charge on any atom is 0.171 e. The van der Waals surface area contributed by atoms with Crippen LogP contribution in [0.2, 0.25) is 0 Å². The molecule has 0 atom stereocenters. The third-order valence-corrected chi connectivity index (χ3v) is 3.06. The molecule has 0 aliphatic carbocycles. The zero-order chi connectivity index (χ0) is 14.5. The SMILES string of the molecule is CCc1n[nH]c(CC)c1Oc1ccc(C#N)c(OC)c1. The largest absolute Gasteiger partial charge is 0.495 e. The van der Waals surface area contributed by atoms with Gasteiger partial charge in [0.15, 0.2) is 5.75 Å². The van der Waals surface area contributed by atoms with E-state index in [1.54, 1.807) is 18.2 Å². The molecular formula is C15H17N3O2. The van der Waals surface area contributed by atoms with E-state index in [1.165, 1.54) is 7.11 Å². The summed E-state index contributed by atoms with van der Waals surface area (Å²) in [5.74, 6) is 1.90. The van der Waals surface area contributed by atoms with Gasteiger partial charge in [0.2, 0.25) is 0 Å².